The Bertz CT molecular complexity index is 374. The van der Waals surface area contributed by atoms with E-state index in [0.717, 1.165) is 17.8 Å². The molecule has 1 atom stereocenters. The Labute approximate surface area is 104 Å². The number of hydrogen-bond donors (Lipinski definition) is 2. The molecular formula is C14H22N2O. The summed E-state index contributed by atoms with van der Waals surface area (Å²) in [4.78, 5) is 11.7. The Morgan fingerprint density at radius 3 is 2.47 bits per heavy atom. The second-order valence-corrected chi connectivity index (χ2v) is 4.51. The lowest BCUT2D eigenvalue weighted by atomic mass is 10.1. The molecule has 1 amide bonds. The van der Waals surface area contributed by atoms with E-state index in [-0.39, 0.29) is 17.9 Å². The van der Waals surface area contributed by atoms with Crippen LogP contribution in [-0.2, 0) is 4.79 Å². The van der Waals surface area contributed by atoms with E-state index >= 15 is 0 Å². The molecule has 0 saturated heterocycles. The lowest BCUT2D eigenvalue weighted by Gasteiger charge is -2.18. The van der Waals surface area contributed by atoms with Gasteiger partial charge in [0.25, 0.3) is 0 Å². The molecule has 2 N–H and O–H groups in total. The minimum atomic E-state index is -0.00232. The molecule has 0 saturated carbocycles. The number of nitrogens with one attached hydrogen (secondary N) is 2. The highest BCUT2D eigenvalue weighted by atomic mass is 16.1. The number of hydrogen-bond acceptors (Lipinski definition) is 2. The van der Waals surface area contributed by atoms with Crippen LogP contribution in [0.5, 0.6) is 0 Å². The van der Waals surface area contributed by atoms with Gasteiger partial charge in [0, 0.05) is 17.6 Å². The van der Waals surface area contributed by atoms with Crippen LogP contribution in [-0.4, -0.2) is 12.5 Å². The molecule has 0 spiro atoms. The van der Waals surface area contributed by atoms with Gasteiger partial charge in [-0.2, -0.15) is 0 Å². The summed E-state index contributed by atoms with van der Waals surface area (Å²) in [6, 6.07) is 8.17. The van der Waals surface area contributed by atoms with Crippen LogP contribution in [0.1, 0.15) is 39.3 Å². The molecule has 1 aromatic carbocycles. The molecule has 1 aromatic rings. The third-order valence-corrected chi connectivity index (χ3v) is 2.72. The Hall–Kier alpha value is -1.35. The van der Waals surface area contributed by atoms with Crippen LogP contribution >= 0.6 is 0 Å². The van der Waals surface area contributed by atoms with E-state index in [1.807, 2.05) is 38.1 Å². The number of benzene rings is 1. The van der Waals surface area contributed by atoms with Crippen molar-refractivity contribution in [1.29, 1.82) is 0 Å². The molecule has 3 nitrogen and oxygen atoms in total. The van der Waals surface area contributed by atoms with Crippen LogP contribution in [0.25, 0.3) is 0 Å². The standard InChI is InChI=1S/C14H22N2O/c1-5-15-11(4)12-8-6-7-9-13(12)16-14(17)10(2)3/h6-11,15H,5H2,1-4H3,(H,16,17). The zero-order valence-electron chi connectivity index (χ0n) is 11.1. The summed E-state index contributed by atoms with van der Waals surface area (Å²) in [7, 11) is 0. The van der Waals surface area contributed by atoms with Gasteiger partial charge < -0.3 is 10.6 Å². The van der Waals surface area contributed by atoms with Gasteiger partial charge in [-0.3, -0.25) is 4.79 Å². The van der Waals surface area contributed by atoms with Crippen molar-refractivity contribution < 1.29 is 4.79 Å². The van der Waals surface area contributed by atoms with E-state index in [0.29, 0.717) is 0 Å². The summed E-state index contributed by atoms with van der Waals surface area (Å²) in [5.41, 5.74) is 2.03. The maximum atomic E-state index is 11.7. The highest BCUT2D eigenvalue weighted by molar-refractivity contribution is 5.92. The summed E-state index contributed by atoms with van der Waals surface area (Å²) in [5.74, 6) is 0.0543. The van der Waals surface area contributed by atoms with Crippen molar-refractivity contribution >= 4 is 11.6 Å². The minimum absolute atomic E-state index is 0.00232. The SMILES string of the molecule is CCNC(C)c1ccccc1NC(=O)C(C)C. The largest absolute Gasteiger partial charge is 0.326 e. The molecule has 94 valence electrons. The average Bonchev–Trinajstić information content (AvgIpc) is 2.29. The van der Waals surface area contributed by atoms with Crippen molar-refractivity contribution in [2.24, 2.45) is 5.92 Å². The Balaban J connectivity index is 2.88. The van der Waals surface area contributed by atoms with Crippen molar-refractivity contribution in [3.63, 3.8) is 0 Å². The Kier molecular flexibility index (Phi) is 5.16. The van der Waals surface area contributed by atoms with E-state index in [1.165, 1.54) is 0 Å². The fraction of sp³-hybridized carbons (Fsp3) is 0.500. The van der Waals surface area contributed by atoms with Crippen LogP contribution in [0.2, 0.25) is 0 Å². The fourth-order valence-electron chi connectivity index (χ4n) is 1.68. The van der Waals surface area contributed by atoms with Gasteiger partial charge in [-0.05, 0) is 25.1 Å². The first-order chi connectivity index (χ1) is 8.06. The zero-order valence-corrected chi connectivity index (χ0v) is 11.1. The molecule has 0 aliphatic carbocycles. The number of rotatable bonds is 5. The van der Waals surface area contributed by atoms with E-state index in [9.17, 15) is 4.79 Å². The molecule has 0 bridgehead atoms. The highest BCUT2D eigenvalue weighted by Crippen LogP contribution is 2.22. The normalized spacial score (nSPS) is 12.5. The smallest absolute Gasteiger partial charge is 0.226 e. The summed E-state index contributed by atoms with van der Waals surface area (Å²) >= 11 is 0. The third kappa shape index (κ3) is 3.86. The van der Waals surface area contributed by atoms with E-state index < -0.39 is 0 Å². The second kappa shape index (κ2) is 6.40. The van der Waals surface area contributed by atoms with Crippen molar-refractivity contribution in [1.82, 2.24) is 5.32 Å². The first kappa shape index (κ1) is 13.7. The molecule has 3 heteroatoms. The molecule has 17 heavy (non-hydrogen) atoms. The predicted molar refractivity (Wildman–Crippen MR) is 72.0 cm³/mol. The maximum absolute atomic E-state index is 11.7. The molecule has 0 aliphatic heterocycles. The highest BCUT2D eigenvalue weighted by Gasteiger charge is 2.12. The summed E-state index contributed by atoms with van der Waals surface area (Å²) < 4.78 is 0. The van der Waals surface area contributed by atoms with E-state index in [2.05, 4.69) is 24.5 Å². The molecule has 0 radical (unpaired) electrons. The molecule has 0 aliphatic rings. The van der Waals surface area contributed by atoms with Crippen molar-refractivity contribution in [2.75, 3.05) is 11.9 Å². The molecular weight excluding hydrogens is 212 g/mol. The van der Waals surface area contributed by atoms with Gasteiger partial charge in [0.1, 0.15) is 0 Å². The average molecular weight is 234 g/mol. The summed E-state index contributed by atoms with van der Waals surface area (Å²) in [6.45, 7) is 8.88. The van der Waals surface area contributed by atoms with Gasteiger partial charge in [0.15, 0.2) is 0 Å². The fourth-order valence-corrected chi connectivity index (χ4v) is 1.68. The predicted octanol–water partition coefficient (Wildman–Crippen LogP) is 2.95. The van der Waals surface area contributed by atoms with Gasteiger partial charge >= 0.3 is 0 Å². The van der Waals surface area contributed by atoms with Gasteiger partial charge in [-0.25, -0.2) is 0 Å². The van der Waals surface area contributed by atoms with Gasteiger partial charge in [-0.15, -0.1) is 0 Å². The molecule has 1 rings (SSSR count). The second-order valence-electron chi connectivity index (χ2n) is 4.51. The molecule has 1 unspecified atom stereocenters. The Morgan fingerprint density at radius 2 is 1.88 bits per heavy atom. The van der Waals surface area contributed by atoms with Crippen molar-refractivity contribution in [3.8, 4) is 0 Å². The number of anilines is 1. The molecule has 0 fully saturated rings. The Morgan fingerprint density at radius 1 is 1.24 bits per heavy atom. The first-order valence-electron chi connectivity index (χ1n) is 6.19. The number of carbonyl (C=O) groups is 1. The summed E-state index contributed by atoms with van der Waals surface area (Å²) in [6.07, 6.45) is 0. The van der Waals surface area contributed by atoms with Gasteiger partial charge in [0.05, 0.1) is 0 Å². The van der Waals surface area contributed by atoms with Crippen LogP contribution in [0, 0.1) is 5.92 Å². The van der Waals surface area contributed by atoms with Crippen LogP contribution < -0.4 is 10.6 Å². The molecule has 0 heterocycles. The lowest BCUT2D eigenvalue weighted by molar-refractivity contribution is -0.118. The van der Waals surface area contributed by atoms with Crippen LogP contribution in [0.4, 0.5) is 5.69 Å². The molecule has 0 aromatic heterocycles. The monoisotopic (exact) mass is 234 g/mol. The van der Waals surface area contributed by atoms with Crippen LogP contribution in [0.15, 0.2) is 24.3 Å². The lowest BCUT2D eigenvalue weighted by Crippen LogP contribution is -2.22. The van der Waals surface area contributed by atoms with Crippen LogP contribution in [0.3, 0.4) is 0 Å². The third-order valence-electron chi connectivity index (χ3n) is 2.72. The topological polar surface area (TPSA) is 41.1 Å². The summed E-state index contributed by atoms with van der Waals surface area (Å²) in [5, 5.41) is 6.32. The van der Waals surface area contributed by atoms with Crippen molar-refractivity contribution in [2.45, 2.75) is 33.7 Å². The number of amides is 1. The number of para-hydroxylation sites is 1. The van der Waals surface area contributed by atoms with Crippen molar-refractivity contribution in [3.05, 3.63) is 29.8 Å². The quantitative estimate of drug-likeness (QED) is 0.822. The maximum Gasteiger partial charge on any atom is 0.226 e. The number of carbonyl (C=O) groups excluding carboxylic acids is 1. The zero-order chi connectivity index (χ0) is 12.8. The van der Waals surface area contributed by atoms with E-state index in [1.54, 1.807) is 0 Å². The van der Waals surface area contributed by atoms with Gasteiger partial charge in [-0.1, -0.05) is 39.0 Å². The van der Waals surface area contributed by atoms with E-state index in [4.69, 9.17) is 0 Å². The first-order valence-corrected chi connectivity index (χ1v) is 6.19. The minimum Gasteiger partial charge on any atom is -0.326 e. The van der Waals surface area contributed by atoms with Gasteiger partial charge in [0.2, 0.25) is 5.91 Å².